The molecule has 0 aromatic heterocycles. The molecule has 1 unspecified atom stereocenters. The molecule has 18 heavy (non-hydrogen) atoms. The van der Waals surface area contributed by atoms with Gasteiger partial charge in [-0.25, -0.2) is 0 Å². The van der Waals surface area contributed by atoms with E-state index in [1.54, 1.807) is 0 Å². The van der Waals surface area contributed by atoms with E-state index >= 15 is 0 Å². The summed E-state index contributed by atoms with van der Waals surface area (Å²) in [6.07, 6.45) is 0. The summed E-state index contributed by atoms with van der Waals surface area (Å²) in [6, 6.07) is 19.6. The van der Waals surface area contributed by atoms with E-state index in [0.29, 0.717) is 12.1 Å². The Balaban J connectivity index is 2.05. The van der Waals surface area contributed by atoms with Gasteiger partial charge in [-0.05, 0) is 37.1 Å². The molecule has 0 fully saturated rings. The van der Waals surface area contributed by atoms with E-state index in [1.165, 1.54) is 11.1 Å². The van der Waals surface area contributed by atoms with Gasteiger partial charge >= 0.3 is 0 Å². The Labute approximate surface area is 117 Å². The summed E-state index contributed by atoms with van der Waals surface area (Å²) < 4.78 is 1.13. The highest BCUT2D eigenvalue weighted by Crippen LogP contribution is 2.21. The number of hydrogen-bond acceptors (Lipinski definition) is 1. The van der Waals surface area contributed by atoms with Crippen LogP contribution in [0.5, 0.6) is 0 Å². The molecule has 0 saturated heterocycles. The van der Waals surface area contributed by atoms with Gasteiger partial charge in [-0.3, -0.25) is 0 Å². The Morgan fingerprint density at radius 1 is 0.833 bits per heavy atom. The van der Waals surface area contributed by atoms with Crippen LogP contribution in [-0.2, 0) is 0 Å². The summed E-state index contributed by atoms with van der Waals surface area (Å²) in [5, 5.41) is 3.62. The Bertz CT molecular complexity index is 495. The minimum Gasteiger partial charge on any atom is -0.304 e. The van der Waals surface area contributed by atoms with E-state index in [0.717, 1.165) is 4.47 Å². The minimum absolute atomic E-state index is 0.331. The molecule has 0 spiro atoms. The first kappa shape index (κ1) is 13.3. The topological polar surface area (TPSA) is 12.0 Å². The second-order valence-electron chi connectivity index (χ2n) is 4.58. The van der Waals surface area contributed by atoms with Crippen molar-refractivity contribution in [2.45, 2.75) is 25.9 Å². The lowest BCUT2D eigenvalue weighted by molar-refractivity contribution is 0.494. The van der Waals surface area contributed by atoms with Gasteiger partial charge in [0.2, 0.25) is 0 Å². The van der Waals surface area contributed by atoms with Gasteiger partial charge in [0.1, 0.15) is 0 Å². The van der Waals surface area contributed by atoms with Crippen LogP contribution in [-0.4, -0.2) is 0 Å². The number of nitrogens with one attached hydrogen (secondary N) is 1. The summed E-state index contributed by atoms with van der Waals surface area (Å²) in [6.45, 7) is 4.39. The molecule has 94 valence electrons. The summed E-state index contributed by atoms with van der Waals surface area (Å²) in [5.41, 5.74) is 2.62. The fourth-order valence-electron chi connectivity index (χ4n) is 2.09. The van der Waals surface area contributed by atoms with Crippen molar-refractivity contribution >= 4 is 15.9 Å². The van der Waals surface area contributed by atoms with E-state index < -0.39 is 0 Å². The molecule has 1 nitrogen and oxygen atoms in total. The molecule has 0 radical (unpaired) electrons. The van der Waals surface area contributed by atoms with Gasteiger partial charge in [-0.15, -0.1) is 0 Å². The molecule has 0 bridgehead atoms. The van der Waals surface area contributed by atoms with Gasteiger partial charge in [0.25, 0.3) is 0 Å². The van der Waals surface area contributed by atoms with E-state index in [9.17, 15) is 0 Å². The van der Waals surface area contributed by atoms with Crippen LogP contribution < -0.4 is 5.32 Å². The molecule has 0 aliphatic heterocycles. The normalized spacial score (nSPS) is 14.2. The van der Waals surface area contributed by atoms with Gasteiger partial charge in [0.15, 0.2) is 0 Å². The maximum Gasteiger partial charge on any atom is 0.0297 e. The molecule has 2 heteroatoms. The quantitative estimate of drug-likeness (QED) is 0.850. The predicted molar refractivity (Wildman–Crippen MR) is 80.5 cm³/mol. The highest BCUT2D eigenvalue weighted by molar-refractivity contribution is 9.10. The molecule has 2 atom stereocenters. The molecule has 2 aromatic rings. The molecular weight excluding hydrogens is 286 g/mol. The fraction of sp³-hybridized carbons (Fsp3) is 0.250. The monoisotopic (exact) mass is 303 g/mol. The van der Waals surface area contributed by atoms with E-state index in [1.807, 2.05) is 6.07 Å². The molecule has 0 amide bonds. The predicted octanol–water partition coefficient (Wildman–Crippen LogP) is 4.86. The van der Waals surface area contributed by atoms with Crippen LogP contribution in [0.25, 0.3) is 0 Å². The molecule has 0 saturated carbocycles. The first-order valence-electron chi connectivity index (χ1n) is 6.23. The zero-order valence-electron chi connectivity index (χ0n) is 10.7. The van der Waals surface area contributed by atoms with Crippen molar-refractivity contribution < 1.29 is 0 Å². The Kier molecular flexibility index (Phi) is 4.56. The second-order valence-corrected chi connectivity index (χ2v) is 5.49. The largest absolute Gasteiger partial charge is 0.304 e. The maximum atomic E-state index is 3.62. The first-order chi connectivity index (χ1) is 8.66. The third kappa shape index (κ3) is 3.44. The van der Waals surface area contributed by atoms with E-state index in [-0.39, 0.29) is 0 Å². The van der Waals surface area contributed by atoms with E-state index in [2.05, 4.69) is 83.6 Å². The fourth-order valence-corrected chi connectivity index (χ4v) is 2.50. The first-order valence-corrected chi connectivity index (χ1v) is 7.02. The molecular formula is C16H18BrN. The third-order valence-electron chi connectivity index (χ3n) is 3.15. The van der Waals surface area contributed by atoms with Crippen LogP contribution in [0.2, 0.25) is 0 Å². The zero-order valence-corrected chi connectivity index (χ0v) is 12.3. The van der Waals surface area contributed by atoms with Crippen molar-refractivity contribution in [3.8, 4) is 0 Å². The highest BCUT2D eigenvalue weighted by atomic mass is 79.9. The molecule has 0 aliphatic rings. The van der Waals surface area contributed by atoms with Gasteiger partial charge < -0.3 is 5.32 Å². The van der Waals surface area contributed by atoms with Crippen LogP contribution in [0.1, 0.15) is 37.1 Å². The van der Waals surface area contributed by atoms with E-state index in [4.69, 9.17) is 0 Å². The number of benzene rings is 2. The van der Waals surface area contributed by atoms with Crippen molar-refractivity contribution in [3.63, 3.8) is 0 Å². The SMILES string of the molecule is CC(N[C@H](C)c1ccccc1)c1cccc(Br)c1. The lowest BCUT2D eigenvalue weighted by Crippen LogP contribution is -2.22. The van der Waals surface area contributed by atoms with Crippen molar-refractivity contribution in [2.75, 3.05) is 0 Å². The van der Waals surface area contributed by atoms with Gasteiger partial charge in [0, 0.05) is 16.6 Å². The second kappa shape index (κ2) is 6.17. The summed E-state index contributed by atoms with van der Waals surface area (Å²) in [5.74, 6) is 0. The molecule has 1 N–H and O–H groups in total. The minimum atomic E-state index is 0.331. The standard InChI is InChI=1S/C16H18BrN/c1-12(14-7-4-3-5-8-14)18-13(2)15-9-6-10-16(17)11-15/h3-13,18H,1-2H3/t12-,13?/m1/s1. The Morgan fingerprint density at radius 2 is 1.44 bits per heavy atom. The van der Waals surface area contributed by atoms with Gasteiger partial charge in [-0.1, -0.05) is 58.4 Å². The maximum absolute atomic E-state index is 3.62. The molecule has 2 aromatic carbocycles. The number of hydrogen-bond donors (Lipinski definition) is 1. The summed E-state index contributed by atoms with van der Waals surface area (Å²) in [4.78, 5) is 0. The third-order valence-corrected chi connectivity index (χ3v) is 3.64. The summed E-state index contributed by atoms with van der Waals surface area (Å²) in [7, 11) is 0. The number of halogens is 1. The van der Waals surface area contributed by atoms with Gasteiger partial charge in [0.05, 0.1) is 0 Å². The summed E-state index contributed by atoms with van der Waals surface area (Å²) >= 11 is 3.51. The van der Waals surface area contributed by atoms with Crippen molar-refractivity contribution in [2.24, 2.45) is 0 Å². The van der Waals surface area contributed by atoms with Crippen molar-refractivity contribution in [3.05, 3.63) is 70.2 Å². The highest BCUT2D eigenvalue weighted by Gasteiger charge is 2.10. The van der Waals surface area contributed by atoms with Crippen LogP contribution >= 0.6 is 15.9 Å². The van der Waals surface area contributed by atoms with Gasteiger partial charge in [-0.2, -0.15) is 0 Å². The molecule has 2 rings (SSSR count). The van der Waals surface area contributed by atoms with Crippen LogP contribution in [0.3, 0.4) is 0 Å². The molecule has 0 aliphatic carbocycles. The van der Waals surface area contributed by atoms with Crippen molar-refractivity contribution in [1.29, 1.82) is 0 Å². The van der Waals surface area contributed by atoms with Crippen molar-refractivity contribution in [1.82, 2.24) is 5.32 Å². The zero-order chi connectivity index (χ0) is 13.0. The lowest BCUT2D eigenvalue weighted by Gasteiger charge is -2.21. The van der Waals surface area contributed by atoms with Crippen LogP contribution in [0.15, 0.2) is 59.1 Å². The Hall–Kier alpha value is -1.12. The smallest absolute Gasteiger partial charge is 0.0297 e. The molecule has 0 heterocycles. The average Bonchev–Trinajstić information content (AvgIpc) is 2.39. The Morgan fingerprint density at radius 3 is 2.11 bits per heavy atom. The lowest BCUT2D eigenvalue weighted by atomic mass is 10.0. The van der Waals surface area contributed by atoms with Crippen LogP contribution in [0, 0.1) is 0 Å². The number of rotatable bonds is 4. The van der Waals surface area contributed by atoms with Crippen LogP contribution in [0.4, 0.5) is 0 Å². The average molecular weight is 304 g/mol.